The summed E-state index contributed by atoms with van der Waals surface area (Å²) >= 11 is 1.23. The highest BCUT2D eigenvalue weighted by Gasteiger charge is 2.15. The lowest BCUT2D eigenvalue weighted by Crippen LogP contribution is -2.00. The number of anilines is 1. The van der Waals surface area contributed by atoms with Gasteiger partial charge in [0, 0.05) is 0 Å². The molecule has 90 valence electrons. The van der Waals surface area contributed by atoms with Gasteiger partial charge in [0.2, 0.25) is 0 Å². The van der Waals surface area contributed by atoms with Crippen molar-refractivity contribution in [2.24, 2.45) is 0 Å². The van der Waals surface area contributed by atoms with Gasteiger partial charge in [0.05, 0.1) is 19.3 Å². The van der Waals surface area contributed by atoms with Crippen LogP contribution < -0.4 is 5.32 Å². The van der Waals surface area contributed by atoms with E-state index in [2.05, 4.69) is 35.7 Å². The molecule has 0 amide bonds. The third-order valence-corrected chi connectivity index (χ3v) is 3.05. The minimum absolute atomic E-state index is 0.382. The zero-order chi connectivity index (χ0) is 12.3. The molecular formula is C8H10N6O2S. The topological polar surface area (TPSA) is 106 Å². The van der Waals surface area contributed by atoms with E-state index in [9.17, 15) is 4.79 Å². The Balaban J connectivity index is 2.05. The number of aryl methyl sites for hydroxylation is 1. The van der Waals surface area contributed by atoms with Gasteiger partial charge in [0.1, 0.15) is 4.88 Å². The number of nitrogens with one attached hydrogen (secondary N) is 2. The first kappa shape index (κ1) is 11.5. The highest BCUT2D eigenvalue weighted by atomic mass is 32.1. The van der Waals surface area contributed by atoms with Crippen molar-refractivity contribution in [1.29, 1.82) is 0 Å². The number of carbonyl (C=O) groups is 1. The van der Waals surface area contributed by atoms with Gasteiger partial charge in [-0.15, -0.1) is 10.2 Å². The normalized spacial score (nSPS) is 10.2. The van der Waals surface area contributed by atoms with Crippen LogP contribution in [0.5, 0.6) is 0 Å². The summed E-state index contributed by atoms with van der Waals surface area (Å²) in [7, 11) is 1.34. The maximum absolute atomic E-state index is 11.4. The molecule has 0 aliphatic rings. The second-order valence-corrected chi connectivity index (χ2v) is 4.11. The van der Waals surface area contributed by atoms with Crippen molar-refractivity contribution in [3.05, 3.63) is 16.4 Å². The fraction of sp³-hybridized carbons (Fsp3) is 0.375. The quantitative estimate of drug-likeness (QED) is 0.759. The van der Waals surface area contributed by atoms with E-state index in [1.165, 1.54) is 18.4 Å². The predicted molar refractivity (Wildman–Crippen MR) is 59.7 cm³/mol. The van der Waals surface area contributed by atoms with E-state index in [-0.39, 0.29) is 5.97 Å². The summed E-state index contributed by atoms with van der Waals surface area (Å²) in [6.45, 7) is 2.15. The zero-order valence-electron chi connectivity index (χ0n) is 9.22. The summed E-state index contributed by atoms with van der Waals surface area (Å²) in [6, 6.07) is 0. The summed E-state index contributed by atoms with van der Waals surface area (Å²) in [5.74, 6) is 0.144. The number of aromatic amines is 1. The number of carbonyl (C=O) groups excluding carboxylic acids is 1. The second kappa shape index (κ2) is 4.87. The predicted octanol–water partition coefficient (Wildman–Crippen LogP) is 0.363. The van der Waals surface area contributed by atoms with Crippen LogP contribution >= 0.6 is 11.3 Å². The van der Waals surface area contributed by atoms with Crippen molar-refractivity contribution in [1.82, 2.24) is 25.6 Å². The molecule has 2 rings (SSSR count). The molecule has 17 heavy (non-hydrogen) atoms. The van der Waals surface area contributed by atoms with E-state index in [0.717, 1.165) is 0 Å². The molecule has 0 radical (unpaired) electrons. The number of H-pyrrole nitrogens is 1. The van der Waals surface area contributed by atoms with Crippen LogP contribution in [0.25, 0.3) is 0 Å². The Morgan fingerprint density at radius 2 is 2.41 bits per heavy atom. The smallest absolute Gasteiger partial charge is 0.350 e. The summed E-state index contributed by atoms with van der Waals surface area (Å²) < 4.78 is 4.64. The van der Waals surface area contributed by atoms with E-state index in [1.54, 1.807) is 6.92 Å². The van der Waals surface area contributed by atoms with Gasteiger partial charge in [0.15, 0.2) is 11.0 Å². The molecule has 0 saturated heterocycles. The van der Waals surface area contributed by atoms with Crippen molar-refractivity contribution in [3.63, 3.8) is 0 Å². The van der Waals surface area contributed by atoms with Gasteiger partial charge in [0.25, 0.3) is 0 Å². The van der Waals surface area contributed by atoms with E-state index in [1.807, 2.05) is 0 Å². The first-order chi connectivity index (χ1) is 8.20. The summed E-state index contributed by atoms with van der Waals surface area (Å²) in [5.41, 5.74) is 0.637. The molecule has 0 bridgehead atoms. The number of hydrogen-bond acceptors (Lipinski definition) is 8. The highest BCUT2D eigenvalue weighted by Crippen LogP contribution is 2.23. The minimum atomic E-state index is -0.382. The molecule has 0 unspecified atom stereocenters. The molecule has 8 nitrogen and oxygen atoms in total. The first-order valence-electron chi connectivity index (χ1n) is 4.72. The molecule has 0 spiro atoms. The molecule has 0 aliphatic carbocycles. The summed E-state index contributed by atoms with van der Waals surface area (Å²) in [5, 5.41) is 17.0. The largest absolute Gasteiger partial charge is 0.465 e. The highest BCUT2D eigenvalue weighted by molar-refractivity contribution is 7.17. The number of hydrogen-bond donors (Lipinski definition) is 2. The van der Waals surface area contributed by atoms with Crippen LogP contribution in [0.2, 0.25) is 0 Å². The fourth-order valence-electron chi connectivity index (χ4n) is 1.17. The Labute approximate surface area is 100 Å². The van der Waals surface area contributed by atoms with Gasteiger partial charge in [-0.05, 0) is 6.92 Å². The molecule has 0 aromatic carbocycles. The third-order valence-electron chi connectivity index (χ3n) is 1.95. The van der Waals surface area contributed by atoms with Crippen LogP contribution in [0.15, 0.2) is 0 Å². The lowest BCUT2D eigenvalue weighted by molar-refractivity contribution is 0.0605. The monoisotopic (exact) mass is 254 g/mol. The van der Waals surface area contributed by atoms with Crippen LogP contribution in [0.4, 0.5) is 5.13 Å². The van der Waals surface area contributed by atoms with Gasteiger partial charge >= 0.3 is 5.97 Å². The number of tetrazole rings is 1. The zero-order valence-corrected chi connectivity index (χ0v) is 10.0. The number of rotatable bonds is 4. The molecule has 0 atom stereocenters. The molecule has 2 aromatic rings. The molecule has 0 saturated carbocycles. The van der Waals surface area contributed by atoms with Crippen LogP contribution in [0, 0.1) is 6.92 Å². The molecule has 2 N–H and O–H groups in total. The van der Waals surface area contributed by atoms with Gasteiger partial charge in [-0.2, -0.15) is 5.21 Å². The van der Waals surface area contributed by atoms with E-state index < -0.39 is 0 Å². The third kappa shape index (κ3) is 2.56. The van der Waals surface area contributed by atoms with E-state index >= 15 is 0 Å². The SMILES string of the molecule is COC(=O)c1sc(NCc2nn[nH]n2)nc1C. The second-order valence-electron chi connectivity index (χ2n) is 3.11. The standard InChI is InChI=1S/C8H10N6O2S/c1-4-6(7(15)16-2)17-8(10-4)9-3-5-11-13-14-12-5/h3H2,1-2H3,(H,9,10)(H,11,12,13,14). The number of aromatic nitrogens is 5. The Kier molecular flexibility index (Phi) is 3.28. The number of nitrogens with zero attached hydrogens (tertiary/aromatic N) is 4. The van der Waals surface area contributed by atoms with Crippen LogP contribution in [-0.2, 0) is 11.3 Å². The van der Waals surface area contributed by atoms with Crippen molar-refractivity contribution in [2.45, 2.75) is 13.5 Å². The number of esters is 1. The summed E-state index contributed by atoms with van der Waals surface area (Å²) in [6.07, 6.45) is 0. The van der Waals surface area contributed by atoms with Crippen LogP contribution in [0.1, 0.15) is 21.2 Å². The van der Waals surface area contributed by atoms with Crippen LogP contribution in [0.3, 0.4) is 0 Å². The van der Waals surface area contributed by atoms with Crippen molar-refractivity contribution < 1.29 is 9.53 Å². The summed E-state index contributed by atoms with van der Waals surface area (Å²) in [4.78, 5) is 16.0. The fourth-order valence-corrected chi connectivity index (χ4v) is 2.05. The molecule has 0 aliphatic heterocycles. The molecule has 9 heteroatoms. The lowest BCUT2D eigenvalue weighted by atomic mass is 10.4. The maximum Gasteiger partial charge on any atom is 0.350 e. The number of thiazole rings is 1. The average Bonchev–Trinajstić information content (AvgIpc) is 2.94. The number of methoxy groups -OCH3 is 1. The minimum Gasteiger partial charge on any atom is -0.465 e. The van der Waals surface area contributed by atoms with E-state index in [0.29, 0.717) is 28.1 Å². The molecular weight excluding hydrogens is 244 g/mol. The Bertz CT molecular complexity index is 508. The first-order valence-corrected chi connectivity index (χ1v) is 5.54. The van der Waals surface area contributed by atoms with Gasteiger partial charge < -0.3 is 10.1 Å². The molecule has 2 aromatic heterocycles. The lowest BCUT2D eigenvalue weighted by Gasteiger charge is -1.95. The van der Waals surface area contributed by atoms with Crippen molar-refractivity contribution >= 4 is 22.4 Å². The van der Waals surface area contributed by atoms with Crippen molar-refractivity contribution in [2.75, 3.05) is 12.4 Å². The van der Waals surface area contributed by atoms with Gasteiger partial charge in [-0.3, -0.25) is 0 Å². The average molecular weight is 254 g/mol. The number of ether oxygens (including phenoxy) is 1. The van der Waals surface area contributed by atoms with Gasteiger partial charge in [-0.1, -0.05) is 16.6 Å². The van der Waals surface area contributed by atoms with Crippen LogP contribution in [-0.4, -0.2) is 38.7 Å². The Morgan fingerprint density at radius 3 is 3.06 bits per heavy atom. The van der Waals surface area contributed by atoms with Gasteiger partial charge in [-0.25, -0.2) is 9.78 Å². The Hall–Kier alpha value is -2.03. The van der Waals surface area contributed by atoms with Crippen molar-refractivity contribution in [3.8, 4) is 0 Å². The Morgan fingerprint density at radius 1 is 1.59 bits per heavy atom. The molecule has 2 heterocycles. The molecule has 0 fully saturated rings. The van der Waals surface area contributed by atoms with E-state index in [4.69, 9.17) is 0 Å². The maximum atomic E-state index is 11.4.